The zero-order valence-corrected chi connectivity index (χ0v) is 17.6. The van der Waals surface area contributed by atoms with Crippen LogP contribution in [0, 0.1) is 11.3 Å². The Labute approximate surface area is 172 Å². The molecule has 1 saturated carbocycles. The maximum atomic E-state index is 13.2. The number of nitrogens with zero attached hydrogens (tertiary/aromatic N) is 1. The second-order valence-corrected chi connectivity index (χ2v) is 9.97. The molecule has 0 bridgehead atoms. The lowest BCUT2D eigenvalue weighted by Crippen LogP contribution is -2.54. The molecule has 3 atom stereocenters. The van der Waals surface area contributed by atoms with Gasteiger partial charge in [-0.05, 0) is 61.0 Å². The minimum absolute atomic E-state index is 0.0231. The van der Waals surface area contributed by atoms with Crippen LogP contribution in [-0.4, -0.2) is 34.8 Å². The molecule has 29 heavy (non-hydrogen) atoms. The summed E-state index contributed by atoms with van der Waals surface area (Å²) in [7, 11) is 0. The molecular formula is C23H31N3O3. The normalized spacial score (nSPS) is 30.8. The summed E-state index contributed by atoms with van der Waals surface area (Å²) >= 11 is 0. The number of fused-ring (bicyclic) bond motifs is 1. The summed E-state index contributed by atoms with van der Waals surface area (Å²) in [5, 5.41) is 5.98. The van der Waals surface area contributed by atoms with Crippen molar-refractivity contribution in [2.24, 2.45) is 11.3 Å². The molecule has 0 aromatic heterocycles. The molecular weight excluding hydrogens is 366 g/mol. The summed E-state index contributed by atoms with van der Waals surface area (Å²) in [6.07, 6.45) is 5.18. The van der Waals surface area contributed by atoms with Crippen LogP contribution in [0.3, 0.4) is 0 Å². The molecule has 1 heterocycles. The molecule has 1 saturated heterocycles. The summed E-state index contributed by atoms with van der Waals surface area (Å²) in [5.41, 5.74) is 1.51. The standard InChI is InChI=1S/C23H31N3O3/c1-15-11-22(2,3)14-23(12-15)20(28)26(21(29)25-23)13-19(27)24-18-10-6-8-16-7-4-5-9-17(16)18/h4-5,7,9,15,18H,6,8,10-14H2,1-3H3,(H,24,27)(H,25,29)/t15-,18-,23+/m1/s1. The number of carbonyl (C=O) groups is 3. The first kappa shape index (κ1) is 19.9. The maximum Gasteiger partial charge on any atom is 0.325 e. The lowest BCUT2D eigenvalue weighted by Gasteiger charge is -2.43. The van der Waals surface area contributed by atoms with E-state index in [9.17, 15) is 14.4 Å². The zero-order valence-electron chi connectivity index (χ0n) is 17.6. The fourth-order valence-corrected chi connectivity index (χ4v) is 5.94. The van der Waals surface area contributed by atoms with Crippen molar-refractivity contribution < 1.29 is 14.4 Å². The predicted octanol–water partition coefficient (Wildman–Crippen LogP) is 3.32. The van der Waals surface area contributed by atoms with Gasteiger partial charge in [0.05, 0.1) is 6.04 Å². The Balaban J connectivity index is 1.45. The van der Waals surface area contributed by atoms with Gasteiger partial charge in [0.1, 0.15) is 12.1 Å². The van der Waals surface area contributed by atoms with Gasteiger partial charge in [-0.25, -0.2) is 4.79 Å². The minimum atomic E-state index is -0.865. The van der Waals surface area contributed by atoms with E-state index in [1.807, 2.05) is 18.2 Å². The van der Waals surface area contributed by atoms with Crippen molar-refractivity contribution in [2.45, 2.75) is 70.9 Å². The van der Waals surface area contributed by atoms with Crippen LogP contribution in [0.1, 0.15) is 70.0 Å². The molecule has 156 valence electrons. The molecule has 1 spiro atoms. The first-order chi connectivity index (χ1) is 13.7. The summed E-state index contributed by atoms with van der Waals surface area (Å²) < 4.78 is 0. The Kier molecular flexibility index (Phi) is 4.91. The van der Waals surface area contributed by atoms with Crippen LogP contribution < -0.4 is 10.6 Å². The molecule has 0 unspecified atom stereocenters. The Morgan fingerprint density at radius 2 is 2.00 bits per heavy atom. The van der Waals surface area contributed by atoms with Gasteiger partial charge in [0, 0.05) is 0 Å². The lowest BCUT2D eigenvalue weighted by molar-refractivity contribution is -0.137. The van der Waals surface area contributed by atoms with Gasteiger partial charge < -0.3 is 10.6 Å². The number of nitrogens with one attached hydrogen (secondary N) is 2. The molecule has 4 rings (SSSR count). The van der Waals surface area contributed by atoms with E-state index in [0.29, 0.717) is 18.8 Å². The monoisotopic (exact) mass is 397 g/mol. The number of carbonyl (C=O) groups excluding carboxylic acids is 3. The van der Waals surface area contributed by atoms with Crippen molar-refractivity contribution in [3.63, 3.8) is 0 Å². The van der Waals surface area contributed by atoms with Crippen LogP contribution in [-0.2, 0) is 16.0 Å². The number of hydrogen-bond acceptors (Lipinski definition) is 3. The largest absolute Gasteiger partial charge is 0.348 e. The SMILES string of the molecule is C[C@@H]1CC(C)(C)C[C@]2(C1)NC(=O)N(CC(=O)N[C@@H]1CCCc3ccccc31)C2=O. The van der Waals surface area contributed by atoms with E-state index in [1.165, 1.54) is 5.56 Å². The average molecular weight is 398 g/mol. The molecule has 0 radical (unpaired) electrons. The van der Waals surface area contributed by atoms with Gasteiger partial charge >= 0.3 is 6.03 Å². The average Bonchev–Trinajstić information content (AvgIpc) is 2.83. The molecule has 3 aliphatic rings. The third-order valence-corrected chi connectivity index (χ3v) is 6.63. The van der Waals surface area contributed by atoms with E-state index in [0.717, 1.165) is 36.1 Å². The first-order valence-electron chi connectivity index (χ1n) is 10.7. The fraction of sp³-hybridized carbons (Fsp3) is 0.609. The van der Waals surface area contributed by atoms with Crippen LogP contribution in [0.15, 0.2) is 24.3 Å². The number of imide groups is 1. The Bertz CT molecular complexity index is 850. The lowest BCUT2D eigenvalue weighted by atomic mass is 9.64. The summed E-state index contributed by atoms with van der Waals surface area (Å²) in [4.78, 5) is 39.7. The fourth-order valence-electron chi connectivity index (χ4n) is 5.94. The first-order valence-corrected chi connectivity index (χ1v) is 10.7. The van der Waals surface area contributed by atoms with Crippen LogP contribution in [0.5, 0.6) is 0 Å². The van der Waals surface area contributed by atoms with E-state index in [4.69, 9.17) is 0 Å². The predicted molar refractivity (Wildman–Crippen MR) is 110 cm³/mol. The minimum Gasteiger partial charge on any atom is -0.348 e. The zero-order chi connectivity index (χ0) is 20.8. The summed E-state index contributed by atoms with van der Waals surface area (Å²) in [6, 6.07) is 7.64. The Morgan fingerprint density at radius 1 is 1.24 bits per heavy atom. The molecule has 1 aromatic rings. The number of urea groups is 1. The smallest absolute Gasteiger partial charge is 0.325 e. The van der Waals surface area contributed by atoms with Gasteiger partial charge in [0.25, 0.3) is 5.91 Å². The number of aryl methyl sites for hydroxylation is 1. The summed E-state index contributed by atoms with van der Waals surface area (Å²) in [5.74, 6) is -0.188. The molecule has 6 heteroatoms. The molecule has 1 aromatic carbocycles. The quantitative estimate of drug-likeness (QED) is 0.768. The molecule has 4 amide bonds. The second-order valence-electron chi connectivity index (χ2n) is 9.97. The van der Waals surface area contributed by atoms with Crippen LogP contribution in [0.25, 0.3) is 0 Å². The molecule has 1 aliphatic heterocycles. The van der Waals surface area contributed by atoms with Gasteiger partial charge in [-0.15, -0.1) is 0 Å². The third-order valence-electron chi connectivity index (χ3n) is 6.63. The third kappa shape index (κ3) is 3.77. The highest BCUT2D eigenvalue weighted by Crippen LogP contribution is 2.46. The van der Waals surface area contributed by atoms with E-state index >= 15 is 0 Å². The van der Waals surface area contributed by atoms with Crippen molar-refractivity contribution in [1.82, 2.24) is 15.5 Å². The van der Waals surface area contributed by atoms with Gasteiger partial charge in [0.2, 0.25) is 5.91 Å². The molecule has 2 fully saturated rings. The molecule has 2 aliphatic carbocycles. The second kappa shape index (κ2) is 7.15. The van der Waals surface area contributed by atoms with Gasteiger partial charge in [0.15, 0.2) is 0 Å². The van der Waals surface area contributed by atoms with Gasteiger partial charge in [-0.3, -0.25) is 14.5 Å². The van der Waals surface area contributed by atoms with E-state index in [2.05, 4.69) is 37.5 Å². The topological polar surface area (TPSA) is 78.5 Å². The highest BCUT2D eigenvalue weighted by Gasteiger charge is 2.56. The highest BCUT2D eigenvalue weighted by molar-refractivity contribution is 6.09. The van der Waals surface area contributed by atoms with Crippen molar-refractivity contribution in [3.05, 3.63) is 35.4 Å². The number of rotatable bonds is 3. The van der Waals surface area contributed by atoms with E-state index < -0.39 is 11.6 Å². The molecule has 6 nitrogen and oxygen atoms in total. The highest BCUT2D eigenvalue weighted by atomic mass is 16.2. The number of hydrogen-bond donors (Lipinski definition) is 2. The molecule has 2 N–H and O–H groups in total. The van der Waals surface area contributed by atoms with Crippen molar-refractivity contribution >= 4 is 17.8 Å². The van der Waals surface area contributed by atoms with Gasteiger partial charge in [-0.2, -0.15) is 0 Å². The number of benzene rings is 1. The summed E-state index contributed by atoms with van der Waals surface area (Å²) in [6.45, 7) is 6.18. The van der Waals surface area contributed by atoms with Crippen LogP contribution >= 0.6 is 0 Å². The maximum absolute atomic E-state index is 13.2. The van der Waals surface area contributed by atoms with E-state index in [-0.39, 0.29) is 29.8 Å². The van der Waals surface area contributed by atoms with Crippen molar-refractivity contribution in [1.29, 1.82) is 0 Å². The van der Waals surface area contributed by atoms with Crippen molar-refractivity contribution in [3.8, 4) is 0 Å². The van der Waals surface area contributed by atoms with Crippen LogP contribution in [0.2, 0.25) is 0 Å². The van der Waals surface area contributed by atoms with Crippen molar-refractivity contribution in [2.75, 3.05) is 6.54 Å². The Hall–Kier alpha value is -2.37. The van der Waals surface area contributed by atoms with E-state index in [1.54, 1.807) is 0 Å². The Morgan fingerprint density at radius 3 is 2.76 bits per heavy atom. The number of amides is 4. The van der Waals surface area contributed by atoms with Gasteiger partial charge in [-0.1, -0.05) is 45.0 Å². The van der Waals surface area contributed by atoms with Crippen LogP contribution in [0.4, 0.5) is 4.79 Å².